The van der Waals surface area contributed by atoms with E-state index in [0.717, 1.165) is 0 Å². The third-order valence-corrected chi connectivity index (χ3v) is 1.30. The first-order valence-corrected chi connectivity index (χ1v) is 3.11. The summed E-state index contributed by atoms with van der Waals surface area (Å²) in [7, 11) is 0. The summed E-state index contributed by atoms with van der Waals surface area (Å²) in [6.45, 7) is 3.40. The van der Waals surface area contributed by atoms with Crippen LogP contribution in [0.15, 0.2) is 24.9 Å². The summed E-state index contributed by atoms with van der Waals surface area (Å²) in [6, 6.07) is 3.16. The third kappa shape index (κ3) is 1.61. The lowest BCUT2D eigenvalue weighted by atomic mass is 10.2. The van der Waals surface area contributed by atoms with Crippen LogP contribution in [0.2, 0.25) is 0 Å². The predicted molar refractivity (Wildman–Crippen MR) is 39.3 cm³/mol. The molecule has 0 saturated carbocycles. The maximum absolute atomic E-state index is 12.1. The topological polar surface area (TPSA) is 12.9 Å². The van der Waals surface area contributed by atoms with Crippen LogP contribution in [0.5, 0.6) is 0 Å². The van der Waals surface area contributed by atoms with Crippen molar-refractivity contribution in [3.8, 4) is 0 Å². The van der Waals surface area contributed by atoms with Crippen molar-refractivity contribution >= 4 is 6.08 Å². The van der Waals surface area contributed by atoms with Crippen LogP contribution in [0.1, 0.15) is 17.7 Å². The van der Waals surface area contributed by atoms with E-state index in [1.165, 1.54) is 12.3 Å². The van der Waals surface area contributed by atoms with Gasteiger partial charge in [-0.2, -0.15) is 0 Å². The summed E-state index contributed by atoms with van der Waals surface area (Å²) in [5.41, 5.74) is 0.185. The summed E-state index contributed by atoms with van der Waals surface area (Å²) in [5.74, 6) is 0. The van der Waals surface area contributed by atoms with E-state index >= 15 is 0 Å². The Kier molecular flexibility index (Phi) is 2.31. The highest BCUT2D eigenvalue weighted by atomic mass is 19.3. The van der Waals surface area contributed by atoms with Crippen LogP contribution in [0.4, 0.5) is 8.78 Å². The highest BCUT2D eigenvalue weighted by Crippen LogP contribution is 2.20. The summed E-state index contributed by atoms with van der Waals surface area (Å²) in [4.78, 5) is 3.53. The molecule has 0 fully saturated rings. The number of rotatable bonds is 2. The third-order valence-electron chi connectivity index (χ3n) is 1.30. The van der Waals surface area contributed by atoms with Crippen LogP contribution in [0.3, 0.4) is 0 Å². The molecule has 3 heteroatoms. The molecule has 0 aliphatic carbocycles. The van der Waals surface area contributed by atoms with Gasteiger partial charge in [-0.25, -0.2) is 8.78 Å². The second-order valence-electron chi connectivity index (χ2n) is 1.98. The molecule has 0 radical (unpaired) electrons. The number of nitrogens with zero attached hydrogens (tertiary/aromatic N) is 1. The molecule has 11 heavy (non-hydrogen) atoms. The second-order valence-corrected chi connectivity index (χ2v) is 1.98. The smallest absolute Gasteiger partial charge is 0.255 e. The fourth-order valence-electron chi connectivity index (χ4n) is 0.785. The van der Waals surface area contributed by atoms with E-state index in [0.29, 0.717) is 5.56 Å². The van der Waals surface area contributed by atoms with Crippen molar-refractivity contribution < 1.29 is 8.78 Å². The first kappa shape index (κ1) is 7.85. The molecule has 0 atom stereocenters. The van der Waals surface area contributed by atoms with Gasteiger partial charge in [0.2, 0.25) is 0 Å². The number of hydrogen-bond acceptors (Lipinski definition) is 1. The normalized spacial score (nSPS) is 10.1. The van der Waals surface area contributed by atoms with Gasteiger partial charge in [-0.05, 0) is 6.07 Å². The number of pyridine rings is 1. The number of halogens is 2. The average Bonchev–Trinajstić information content (AvgIpc) is 2.04. The average molecular weight is 155 g/mol. The largest absolute Gasteiger partial charge is 0.280 e. The van der Waals surface area contributed by atoms with Gasteiger partial charge in [0.15, 0.2) is 0 Å². The minimum atomic E-state index is -2.52. The van der Waals surface area contributed by atoms with Crippen LogP contribution < -0.4 is 0 Å². The van der Waals surface area contributed by atoms with E-state index in [-0.39, 0.29) is 5.69 Å². The van der Waals surface area contributed by atoms with Crippen LogP contribution >= 0.6 is 0 Å². The zero-order chi connectivity index (χ0) is 8.27. The molecule has 0 bridgehead atoms. The molecule has 1 aromatic rings. The van der Waals surface area contributed by atoms with Crippen molar-refractivity contribution in [3.05, 3.63) is 36.2 Å². The number of aromatic nitrogens is 1. The van der Waals surface area contributed by atoms with Crippen molar-refractivity contribution in [2.75, 3.05) is 0 Å². The molecular weight excluding hydrogens is 148 g/mol. The van der Waals surface area contributed by atoms with Crippen LogP contribution in [0.25, 0.3) is 6.08 Å². The van der Waals surface area contributed by atoms with Gasteiger partial charge < -0.3 is 0 Å². The van der Waals surface area contributed by atoms with Gasteiger partial charge in [-0.15, -0.1) is 0 Å². The molecule has 0 aromatic carbocycles. The first-order chi connectivity index (χ1) is 5.25. The molecule has 1 heterocycles. The minimum absolute atomic E-state index is 0.206. The highest BCUT2D eigenvalue weighted by molar-refractivity contribution is 5.49. The molecule has 0 saturated heterocycles. The maximum Gasteiger partial charge on any atom is 0.280 e. The van der Waals surface area contributed by atoms with Crippen molar-refractivity contribution in [1.29, 1.82) is 0 Å². The molecule has 0 aliphatic rings. The Labute approximate surface area is 63.4 Å². The summed E-state index contributed by atoms with van der Waals surface area (Å²) >= 11 is 0. The van der Waals surface area contributed by atoms with E-state index in [1.54, 1.807) is 12.1 Å². The van der Waals surface area contributed by atoms with Crippen molar-refractivity contribution in [1.82, 2.24) is 4.98 Å². The summed E-state index contributed by atoms with van der Waals surface area (Å²) < 4.78 is 24.2. The number of hydrogen-bond donors (Lipinski definition) is 0. The molecule has 1 aromatic heterocycles. The minimum Gasteiger partial charge on any atom is -0.255 e. The lowest BCUT2D eigenvalue weighted by Crippen LogP contribution is -1.92. The SMILES string of the molecule is C=Cc1cccnc1C(F)F. The van der Waals surface area contributed by atoms with Crippen molar-refractivity contribution in [2.45, 2.75) is 6.43 Å². The molecule has 0 spiro atoms. The lowest BCUT2D eigenvalue weighted by molar-refractivity contribution is 0.146. The lowest BCUT2D eigenvalue weighted by Gasteiger charge is -2.00. The van der Waals surface area contributed by atoms with E-state index in [4.69, 9.17) is 0 Å². The Morgan fingerprint density at radius 3 is 2.73 bits per heavy atom. The van der Waals surface area contributed by atoms with E-state index in [2.05, 4.69) is 11.6 Å². The fraction of sp³-hybridized carbons (Fsp3) is 0.125. The Hall–Kier alpha value is -1.25. The van der Waals surface area contributed by atoms with E-state index in [9.17, 15) is 8.78 Å². The Balaban J connectivity index is 3.12. The molecule has 1 nitrogen and oxygen atoms in total. The standard InChI is InChI=1S/C8H7F2N/c1-2-6-4-3-5-11-7(6)8(9)10/h2-5,8H,1H2. The fourth-order valence-corrected chi connectivity index (χ4v) is 0.785. The van der Waals surface area contributed by atoms with Crippen LogP contribution in [-0.4, -0.2) is 4.98 Å². The van der Waals surface area contributed by atoms with Gasteiger partial charge in [0.1, 0.15) is 5.69 Å². The van der Waals surface area contributed by atoms with Gasteiger partial charge in [-0.1, -0.05) is 18.7 Å². The molecule has 1 rings (SSSR count). The van der Waals surface area contributed by atoms with Crippen LogP contribution in [0, 0.1) is 0 Å². The van der Waals surface area contributed by atoms with Crippen molar-refractivity contribution in [2.24, 2.45) is 0 Å². The maximum atomic E-state index is 12.1. The summed E-state index contributed by atoms with van der Waals surface area (Å²) in [5, 5.41) is 0. The first-order valence-electron chi connectivity index (χ1n) is 3.11. The van der Waals surface area contributed by atoms with Gasteiger partial charge in [-0.3, -0.25) is 4.98 Å². The molecule has 58 valence electrons. The summed E-state index contributed by atoms with van der Waals surface area (Å²) in [6.07, 6.45) is 0.187. The van der Waals surface area contributed by atoms with Gasteiger partial charge in [0.25, 0.3) is 6.43 Å². The second kappa shape index (κ2) is 3.23. The van der Waals surface area contributed by atoms with Crippen molar-refractivity contribution in [3.63, 3.8) is 0 Å². The quantitative estimate of drug-likeness (QED) is 0.639. The van der Waals surface area contributed by atoms with Gasteiger partial charge in [0.05, 0.1) is 0 Å². The highest BCUT2D eigenvalue weighted by Gasteiger charge is 2.10. The monoisotopic (exact) mass is 155 g/mol. The number of alkyl halides is 2. The van der Waals surface area contributed by atoms with Crippen LogP contribution in [-0.2, 0) is 0 Å². The van der Waals surface area contributed by atoms with E-state index < -0.39 is 6.43 Å². The Morgan fingerprint density at radius 2 is 2.27 bits per heavy atom. The molecule has 0 unspecified atom stereocenters. The molecule has 0 amide bonds. The molecule has 0 aliphatic heterocycles. The predicted octanol–water partition coefficient (Wildman–Crippen LogP) is 2.66. The molecule has 0 N–H and O–H groups in total. The Bertz CT molecular complexity index is 258. The zero-order valence-electron chi connectivity index (χ0n) is 5.80. The molecular formula is C8H7F2N. The van der Waals surface area contributed by atoms with Gasteiger partial charge >= 0.3 is 0 Å². The Morgan fingerprint density at radius 1 is 1.55 bits per heavy atom. The zero-order valence-corrected chi connectivity index (χ0v) is 5.80. The van der Waals surface area contributed by atoms with Gasteiger partial charge in [0, 0.05) is 11.8 Å². The van der Waals surface area contributed by atoms with E-state index in [1.807, 2.05) is 0 Å².